The van der Waals surface area contributed by atoms with Gasteiger partial charge in [0, 0.05) is 21.5 Å². The molecule has 0 radical (unpaired) electrons. The second-order valence-electron chi connectivity index (χ2n) is 13.0. The molecule has 8 aromatic rings. The number of hydrogen-bond donors (Lipinski definition) is 0. The van der Waals surface area contributed by atoms with Crippen LogP contribution in [0, 0.1) is 24.8 Å². The molecule has 272 valence electrons. The van der Waals surface area contributed by atoms with E-state index in [-0.39, 0.29) is 55.4 Å². The fourth-order valence-corrected chi connectivity index (χ4v) is 7.21. The minimum absolute atomic E-state index is 0.0577. The molecule has 0 saturated carbocycles. The Hall–Kier alpha value is -6.73. The monoisotopic (exact) mass is 752 g/mol. The van der Waals surface area contributed by atoms with Gasteiger partial charge in [-0.1, -0.05) is 23.8 Å². The summed E-state index contributed by atoms with van der Waals surface area (Å²) in [6.45, 7) is 9.95. The van der Waals surface area contributed by atoms with Gasteiger partial charge >= 0.3 is 18.5 Å². The highest BCUT2D eigenvalue weighted by atomic mass is 19.4. The van der Waals surface area contributed by atoms with Crippen LogP contribution in [0.5, 0.6) is 0 Å². The lowest BCUT2D eigenvalue weighted by Gasteiger charge is -2.20. The predicted octanol–water partition coefficient (Wildman–Crippen LogP) is 13.3. The van der Waals surface area contributed by atoms with E-state index in [1.807, 2.05) is 6.07 Å². The van der Waals surface area contributed by atoms with E-state index in [4.69, 9.17) is 6.57 Å². The Kier molecular flexibility index (Phi) is 7.80. The number of aromatic nitrogens is 2. The van der Waals surface area contributed by atoms with Crippen LogP contribution in [0.2, 0.25) is 0 Å². The number of rotatable bonds is 3. The lowest BCUT2D eigenvalue weighted by atomic mass is 9.99. The van der Waals surface area contributed by atoms with Crippen LogP contribution in [0.15, 0.2) is 109 Å². The molecule has 2 heterocycles. The van der Waals surface area contributed by atoms with Crippen molar-refractivity contribution >= 4 is 49.3 Å². The summed E-state index contributed by atoms with van der Waals surface area (Å²) >= 11 is 0. The smallest absolute Gasteiger partial charge is 0.308 e. The standard InChI is InChI=1S/C42H21F9N4/c1-22-6-10-34-29(14-22)30-16-25(40(43,44)45)7-11-35(30)55(34)39-20-33(53-2)28(24-5-3-4-23(15-24)21-52)19-38(39)54-36-12-8-26(41(46,47)48)17-31(36)32-18-27(42(49,50)51)9-13-37(32)54/h3-20H,1H3. The molecule has 0 spiro atoms. The molecule has 2 aromatic heterocycles. The molecule has 0 aliphatic heterocycles. The highest BCUT2D eigenvalue weighted by Gasteiger charge is 2.35. The molecule has 55 heavy (non-hydrogen) atoms. The van der Waals surface area contributed by atoms with E-state index in [0.29, 0.717) is 22.0 Å². The fraction of sp³-hybridized carbons (Fsp3) is 0.0952. The fourth-order valence-electron chi connectivity index (χ4n) is 7.21. The minimum atomic E-state index is -4.83. The molecule has 0 aliphatic carbocycles. The van der Waals surface area contributed by atoms with E-state index in [2.05, 4.69) is 4.85 Å². The molecule has 6 aromatic carbocycles. The van der Waals surface area contributed by atoms with Gasteiger partial charge in [0.2, 0.25) is 0 Å². The van der Waals surface area contributed by atoms with Crippen molar-refractivity contribution in [1.82, 2.24) is 9.13 Å². The van der Waals surface area contributed by atoms with E-state index >= 15 is 0 Å². The normalized spacial score (nSPS) is 12.5. The molecule has 0 atom stereocenters. The van der Waals surface area contributed by atoms with Crippen LogP contribution < -0.4 is 0 Å². The Morgan fingerprint density at radius 1 is 0.545 bits per heavy atom. The second kappa shape index (κ2) is 12.1. The van der Waals surface area contributed by atoms with Crippen molar-refractivity contribution in [3.05, 3.63) is 148 Å². The van der Waals surface area contributed by atoms with Crippen molar-refractivity contribution in [2.45, 2.75) is 25.5 Å². The molecule has 13 heteroatoms. The van der Waals surface area contributed by atoms with Crippen LogP contribution in [0.3, 0.4) is 0 Å². The summed E-state index contributed by atoms with van der Waals surface area (Å²) in [6.07, 6.45) is -14.3. The van der Waals surface area contributed by atoms with Gasteiger partial charge in [-0.05, 0) is 109 Å². The highest BCUT2D eigenvalue weighted by Crippen LogP contribution is 2.46. The van der Waals surface area contributed by atoms with Gasteiger partial charge in [0.25, 0.3) is 0 Å². The number of benzene rings is 6. The minimum Gasteiger partial charge on any atom is -0.308 e. The Morgan fingerprint density at radius 2 is 0.982 bits per heavy atom. The number of fused-ring (bicyclic) bond motifs is 6. The topological polar surface area (TPSA) is 38.0 Å². The van der Waals surface area contributed by atoms with Gasteiger partial charge in [0.05, 0.1) is 68.3 Å². The quantitative estimate of drug-likeness (QED) is 0.131. The van der Waals surface area contributed by atoms with E-state index < -0.39 is 35.2 Å². The predicted molar refractivity (Wildman–Crippen MR) is 191 cm³/mol. The van der Waals surface area contributed by atoms with Gasteiger partial charge in [-0.15, -0.1) is 0 Å². The van der Waals surface area contributed by atoms with Gasteiger partial charge in [-0.25, -0.2) is 4.85 Å². The van der Waals surface area contributed by atoms with E-state index in [0.717, 1.165) is 54.1 Å². The van der Waals surface area contributed by atoms with Crippen LogP contribution in [0.25, 0.3) is 71.0 Å². The molecule has 0 aliphatic rings. The molecule has 0 fully saturated rings. The molecule has 0 unspecified atom stereocenters. The summed E-state index contributed by atoms with van der Waals surface area (Å²) in [5.74, 6) is 0. The van der Waals surface area contributed by atoms with Gasteiger partial charge in [0.1, 0.15) is 0 Å². The SMILES string of the molecule is [C-]#[N+]c1cc(-n2c3ccc(C)cc3c3cc(C(F)(F)F)ccc32)c(-n2c3ccc(C(F)(F)F)cc3c3cc(C(F)(F)F)ccc32)cc1-c1cccc(C#N)c1. The van der Waals surface area contributed by atoms with E-state index in [9.17, 15) is 44.8 Å². The first-order chi connectivity index (χ1) is 26.0. The third-order valence-corrected chi connectivity index (χ3v) is 9.67. The van der Waals surface area contributed by atoms with Crippen LogP contribution in [0.1, 0.15) is 27.8 Å². The zero-order valence-electron chi connectivity index (χ0n) is 28.1. The van der Waals surface area contributed by atoms with Crippen molar-refractivity contribution in [2.24, 2.45) is 0 Å². The summed E-state index contributed by atoms with van der Waals surface area (Å²) in [5, 5.41) is 10.0. The maximum atomic E-state index is 14.1. The number of nitrogens with zero attached hydrogens (tertiary/aromatic N) is 4. The number of alkyl halides is 9. The van der Waals surface area contributed by atoms with E-state index in [1.165, 1.54) is 22.8 Å². The third kappa shape index (κ3) is 5.80. The zero-order chi connectivity index (χ0) is 39.2. The van der Waals surface area contributed by atoms with Gasteiger partial charge < -0.3 is 9.13 Å². The second-order valence-corrected chi connectivity index (χ2v) is 13.0. The first-order valence-electron chi connectivity index (χ1n) is 16.4. The van der Waals surface area contributed by atoms with Gasteiger partial charge in [-0.2, -0.15) is 44.8 Å². The number of nitriles is 1. The molecule has 0 saturated heterocycles. The van der Waals surface area contributed by atoms with Gasteiger partial charge in [0.15, 0.2) is 5.69 Å². The summed E-state index contributed by atoms with van der Waals surface area (Å²) in [4.78, 5) is 3.76. The summed E-state index contributed by atoms with van der Waals surface area (Å²) in [6, 6.07) is 25.3. The molecular weight excluding hydrogens is 731 g/mol. The molecule has 8 rings (SSSR count). The Morgan fingerprint density at radius 3 is 1.42 bits per heavy atom. The summed E-state index contributed by atoms with van der Waals surface area (Å²) in [5.41, 5.74) is -0.0345. The van der Waals surface area contributed by atoms with Crippen molar-refractivity contribution in [3.8, 4) is 28.6 Å². The third-order valence-electron chi connectivity index (χ3n) is 9.67. The van der Waals surface area contributed by atoms with Crippen LogP contribution in [-0.4, -0.2) is 9.13 Å². The lowest BCUT2D eigenvalue weighted by molar-refractivity contribution is -0.138. The largest absolute Gasteiger partial charge is 0.416 e. The summed E-state index contributed by atoms with van der Waals surface area (Å²) in [7, 11) is 0. The van der Waals surface area contributed by atoms with Crippen molar-refractivity contribution < 1.29 is 39.5 Å². The molecule has 4 nitrogen and oxygen atoms in total. The van der Waals surface area contributed by atoms with E-state index in [1.54, 1.807) is 54.0 Å². The highest BCUT2D eigenvalue weighted by molar-refractivity contribution is 6.12. The number of hydrogen-bond acceptors (Lipinski definition) is 1. The molecule has 0 amide bonds. The first kappa shape index (κ1) is 35.3. The number of aryl methyl sites for hydroxylation is 1. The maximum absolute atomic E-state index is 14.1. The van der Waals surface area contributed by atoms with Crippen molar-refractivity contribution in [2.75, 3.05) is 0 Å². The molecule has 0 bridgehead atoms. The maximum Gasteiger partial charge on any atom is 0.416 e. The molecular formula is C42H21F9N4. The van der Waals surface area contributed by atoms with Crippen molar-refractivity contribution in [3.63, 3.8) is 0 Å². The Labute approximate surface area is 305 Å². The van der Waals surface area contributed by atoms with Crippen LogP contribution in [-0.2, 0) is 18.5 Å². The Bertz CT molecular complexity index is 2910. The molecule has 0 N–H and O–H groups in total. The average molecular weight is 753 g/mol. The lowest BCUT2D eigenvalue weighted by Crippen LogP contribution is -2.06. The van der Waals surface area contributed by atoms with Crippen LogP contribution >= 0.6 is 0 Å². The first-order valence-corrected chi connectivity index (χ1v) is 16.4. The number of halogens is 9. The van der Waals surface area contributed by atoms with Crippen LogP contribution in [0.4, 0.5) is 45.2 Å². The summed E-state index contributed by atoms with van der Waals surface area (Å²) < 4.78 is 130. The average Bonchev–Trinajstić information content (AvgIpc) is 3.64. The van der Waals surface area contributed by atoms with Crippen molar-refractivity contribution in [1.29, 1.82) is 5.26 Å². The van der Waals surface area contributed by atoms with Gasteiger partial charge in [-0.3, -0.25) is 0 Å². The Balaban J connectivity index is 1.57. The zero-order valence-corrected chi connectivity index (χ0v) is 28.1.